The van der Waals surface area contributed by atoms with Crippen LogP contribution in [0.1, 0.15) is 38.9 Å². The number of anilines is 1. The zero-order valence-electron chi connectivity index (χ0n) is 14.7. The fourth-order valence-electron chi connectivity index (χ4n) is 3.46. The molecule has 2 aromatic heterocycles. The molecule has 4 rings (SSSR count). The van der Waals surface area contributed by atoms with E-state index in [1.807, 2.05) is 29.6 Å². The standard InChI is InChI=1S/C21H19N3OS2/c22-12-16-15-8-4-9-17(15)27-21(16)24-19(25)13-23-20(18-10-5-11-26-18)14-6-2-1-3-7-14/h1-3,5-7,10-11,20,23H,4,8-9,13H2,(H,24,25). The van der Waals surface area contributed by atoms with Crippen molar-refractivity contribution in [3.8, 4) is 6.07 Å². The highest BCUT2D eigenvalue weighted by molar-refractivity contribution is 7.16. The van der Waals surface area contributed by atoms with E-state index in [2.05, 4.69) is 34.9 Å². The van der Waals surface area contributed by atoms with Gasteiger partial charge in [-0.1, -0.05) is 36.4 Å². The van der Waals surface area contributed by atoms with E-state index in [0.29, 0.717) is 10.6 Å². The number of fused-ring (bicyclic) bond motifs is 1. The van der Waals surface area contributed by atoms with Gasteiger partial charge in [-0.15, -0.1) is 22.7 Å². The molecule has 0 saturated heterocycles. The molecule has 0 saturated carbocycles. The van der Waals surface area contributed by atoms with Crippen molar-refractivity contribution in [1.29, 1.82) is 5.26 Å². The van der Waals surface area contributed by atoms with Crippen LogP contribution in [0.3, 0.4) is 0 Å². The second-order valence-corrected chi connectivity index (χ2v) is 8.55. The minimum Gasteiger partial charge on any atom is -0.315 e. The Labute approximate surface area is 166 Å². The molecule has 0 spiro atoms. The summed E-state index contributed by atoms with van der Waals surface area (Å²) < 4.78 is 0. The smallest absolute Gasteiger partial charge is 0.238 e. The third-order valence-corrected chi connectivity index (χ3v) is 6.86. The van der Waals surface area contributed by atoms with Gasteiger partial charge in [-0.3, -0.25) is 10.1 Å². The third-order valence-electron chi connectivity index (χ3n) is 4.71. The average molecular weight is 394 g/mol. The Morgan fingerprint density at radius 1 is 1.19 bits per heavy atom. The zero-order chi connectivity index (χ0) is 18.6. The fourth-order valence-corrected chi connectivity index (χ4v) is 5.54. The number of nitrogens with one attached hydrogen (secondary N) is 2. The van der Waals surface area contributed by atoms with E-state index in [1.54, 1.807) is 22.7 Å². The summed E-state index contributed by atoms with van der Waals surface area (Å²) in [5.74, 6) is -0.121. The summed E-state index contributed by atoms with van der Waals surface area (Å²) in [6.07, 6.45) is 3.06. The summed E-state index contributed by atoms with van der Waals surface area (Å²) in [6, 6.07) is 16.5. The van der Waals surface area contributed by atoms with Crippen molar-refractivity contribution in [2.45, 2.75) is 25.3 Å². The van der Waals surface area contributed by atoms with E-state index >= 15 is 0 Å². The van der Waals surface area contributed by atoms with Crippen molar-refractivity contribution < 1.29 is 4.79 Å². The summed E-state index contributed by atoms with van der Waals surface area (Å²) in [4.78, 5) is 15.0. The highest BCUT2D eigenvalue weighted by Gasteiger charge is 2.23. The number of carbonyl (C=O) groups is 1. The second kappa shape index (κ2) is 8.05. The number of nitrogens with zero attached hydrogens (tertiary/aromatic N) is 1. The molecule has 2 N–H and O–H groups in total. The second-order valence-electron chi connectivity index (χ2n) is 6.46. The molecular weight excluding hydrogens is 374 g/mol. The number of benzene rings is 1. The maximum absolute atomic E-state index is 12.5. The fraction of sp³-hybridized carbons (Fsp3) is 0.238. The molecule has 3 aromatic rings. The van der Waals surface area contributed by atoms with Crippen LogP contribution in [0.4, 0.5) is 5.00 Å². The Balaban J connectivity index is 1.46. The van der Waals surface area contributed by atoms with Gasteiger partial charge in [0.2, 0.25) is 5.91 Å². The number of aryl methyl sites for hydroxylation is 1. The van der Waals surface area contributed by atoms with Crippen molar-refractivity contribution in [2.24, 2.45) is 0 Å². The van der Waals surface area contributed by atoms with E-state index in [0.717, 1.165) is 30.4 Å². The molecule has 1 aromatic carbocycles. The van der Waals surface area contributed by atoms with Crippen LogP contribution in [0.5, 0.6) is 0 Å². The first-order valence-electron chi connectivity index (χ1n) is 8.92. The van der Waals surface area contributed by atoms with Crippen molar-refractivity contribution in [3.05, 3.63) is 74.3 Å². The number of hydrogen-bond acceptors (Lipinski definition) is 5. The van der Waals surface area contributed by atoms with Crippen molar-refractivity contribution in [3.63, 3.8) is 0 Å². The van der Waals surface area contributed by atoms with Crippen LogP contribution in [0.15, 0.2) is 47.8 Å². The first kappa shape index (κ1) is 17.9. The molecular formula is C21H19N3OS2. The highest BCUT2D eigenvalue weighted by Crippen LogP contribution is 2.38. The zero-order valence-corrected chi connectivity index (χ0v) is 16.3. The van der Waals surface area contributed by atoms with Crippen molar-refractivity contribution in [1.82, 2.24) is 5.32 Å². The summed E-state index contributed by atoms with van der Waals surface area (Å²) >= 11 is 3.22. The van der Waals surface area contributed by atoms with E-state index in [9.17, 15) is 10.1 Å². The number of rotatable bonds is 6. The molecule has 0 fully saturated rings. The van der Waals surface area contributed by atoms with Gasteiger partial charge in [-0.05, 0) is 41.8 Å². The molecule has 27 heavy (non-hydrogen) atoms. The Kier molecular flexibility index (Phi) is 5.35. The van der Waals surface area contributed by atoms with Gasteiger partial charge in [0, 0.05) is 9.75 Å². The van der Waals surface area contributed by atoms with Gasteiger partial charge in [0.25, 0.3) is 0 Å². The van der Waals surface area contributed by atoms with Crippen LogP contribution < -0.4 is 10.6 Å². The monoisotopic (exact) mass is 393 g/mol. The predicted molar refractivity (Wildman–Crippen MR) is 110 cm³/mol. The van der Waals surface area contributed by atoms with Crippen molar-refractivity contribution in [2.75, 3.05) is 11.9 Å². The van der Waals surface area contributed by atoms with Crippen molar-refractivity contribution >= 4 is 33.6 Å². The van der Waals surface area contributed by atoms with Gasteiger partial charge in [-0.25, -0.2) is 0 Å². The minimum atomic E-state index is -0.121. The van der Waals surface area contributed by atoms with Crippen LogP contribution in [0, 0.1) is 11.3 Å². The predicted octanol–water partition coefficient (Wildman–Crippen LogP) is 4.49. The van der Waals surface area contributed by atoms with Gasteiger partial charge >= 0.3 is 0 Å². The van der Waals surface area contributed by atoms with Gasteiger partial charge in [0.15, 0.2) is 0 Å². The summed E-state index contributed by atoms with van der Waals surface area (Å²) in [7, 11) is 0. The normalized spacial score (nSPS) is 13.7. The number of hydrogen-bond donors (Lipinski definition) is 2. The topological polar surface area (TPSA) is 64.9 Å². The molecule has 1 aliphatic carbocycles. The van der Waals surface area contributed by atoms with Crippen LogP contribution in [0.2, 0.25) is 0 Å². The maximum atomic E-state index is 12.5. The lowest BCUT2D eigenvalue weighted by Gasteiger charge is -2.17. The highest BCUT2D eigenvalue weighted by atomic mass is 32.1. The molecule has 1 amide bonds. The Morgan fingerprint density at radius 3 is 2.78 bits per heavy atom. The Bertz CT molecular complexity index is 971. The Morgan fingerprint density at radius 2 is 2.04 bits per heavy atom. The van der Waals surface area contributed by atoms with Gasteiger partial charge in [0.1, 0.15) is 11.1 Å². The summed E-state index contributed by atoms with van der Waals surface area (Å²) in [6.45, 7) is 0.185. The molecule has 1 aliphatic rings. The Hall–Kier alpha value is -2.46. The SMILES string of the molecule is N#Cc1c(NC(=O)CNC(c2ccccc2)c2cccs2)sc2c1CCC2. The maximum Gasteiger partial charge on any atom is 0.238 e. The largest absolute Gasteiger partial charge is 0.315 e. The number of amides is 1. The van der Waals surface area contributed by atoms with Gasteiger partial charge < -0.3 is 5.32 Å². The number of carbonyl (C=O) groups excluding carboxylic acids is 1. The number of thiophene rings is 2. The van der Waals surface area contributed by atoms with Gasteiger partial charge in [-0.2, -0.15) is 5.26 Å². The lowest BCUT2D eigenvalue weighted by molar-refractivity contribution is -0.115. The molecule has 1 atom stereocenters. The molecule has 136 valence electrons. The van der Waals surface area contributed by atoms with Crippen LogP contribution >= 0.6 is 22.7 Å². The van der Waals surface area contributed by atoms with E-state index in [1.165, 1.54) is 9.75 Å². The van der Waals surface area contributed by atoms with E-state index < -0.39 is 0 Å². The van der Waals surface area contributed by atoms with Crippen LogP contribution in [-0.4, -0.2) is 12.5 Å². The molecule has 6 heteroatoms. The summed E-state index contributed by atoms with van der Waals surface area (Å²) in [5.41, 5.74) is 2.91. The lowest BCUT2D eigenvalue weighted by atomic mass is 10.1. The first-order valence-corrected chi connectivity index (χ1v) is 10.6. The van der Waals surface area contributed by atoms with Gasteiger partial charge in [0.05, 0.1) is 18.2 Å². The molecule has 0 radical (unpaired) electrons. The molecule has 1 unspecified atom stereocenters. The average Bonchev–Trinajstić information content (AvgIpc) is 3.40. The molecule has 0 bridgehead atoms. The third kappa shape index (κ3) is 3.81. The van der Waals surface area contributed by atoms with Crippen LogP contribution in [-0.2, 0) is 17.6 Å². The minimum absolute atomic E-state index is 0.0271. The summed E-state index contributed by atoms with van der Waals surface area (Å²) in [5, 5.41) is 18.5. The van der Waals surface area contributed by atoms with E-state index in [-0.39, 0.29) is 18.5 Å². The molecule has 2 heterocycles. The molecule has 0 aliphatic heterocycles. The molecule has 4 nitrogen and oxygen atoms in total. The first-order chi connectivity index (χ1) is 13.3. The lowest BCUT2D eigenvalue weighted by Crippen LogP contribution is -2.31. The quantitative estimate of drug-likeness (QED) is 0.649. The number of nitriles is 1. The van der Waals surface area contributed by atoms with Crippen LogP contribution in [0.25, 0.3) is 0 Å². The van der Waals surface area contributed by atoms with E-state index in [4.69, 9.17) is 0 Å².